The zero-order chi connectivity index (χ0) is 20.5. The SMILES string of the molecule is CC(C)c1cnc(NC(=O)Cc2ccsc2)s1.O=C(O)C(=O)Nc1ncco1. The average Bonchev–Trinajstić information content (AvgIpc) is 3.37. The van der Waals surface area contributed by atoms with E-state index >= 15 is 0 Å². The van der Waals surface area contributed by atoms with Gasteiger partial charge in [0.05, 0.1) is 12.6 Å². The number of amides is 2. The van der Waals surface area contributed by atoms with Gasteiger partial charge in [-0.15, -0.1) is 11.3 Å². The molecule has 3 N–H and O–H groups in total. The smallest absolute Gasteiger partial charge is 0.394 e. The number of oxazole rings is 1. The van der Waals surface area contributed by atoms with E-state index in [4.69, 9.17) is 5.11 Å². The summed E-state index contributed by atoms with van der Waals surface area (Å²) in [6.45, 7) is 4.23. The number of thiazole rings is 1. The van der Waals surface area contributed by atoms with Gasteiger partial charge in [-0.25, -0.2) is 14.8 Å². The van der Waals surface area contributed by atoms with Crippen molar-refractivity contribution in [3.05, 3.63) is 45.9 Å². The van der Waals surface area contributed by atoms with Crippen LogP contribution < -0.4 is 10.6 Å². The lowest BCUT2D eigenvalue weighted by atomic mass is 10.2. The lowest BCUT2D eigenvalue weighted by molar-refractivity contribution is -0.147. The van der Waals surface area contributed by atoms with Crippen molar-refractivity contribution in [2.45, 2.75) is 26.2 Å². The molecule has 0 fully saturated rings. The topological polar surface area (TPSA) is 134 Å². The maximum absolute atomic E-state index is 11.7. The normalized spacial score (nSPS) is 10.1. The highest BCUT2D eigenvalue weighted by atomic mass is 32.1. The number of carboxylic acid groups (broad SMARTS) is 1. The van der Waals surface area contributed by atoms with Crippen LogP contribution in [0.2, 0.25) is 0 Å². The Bertz CT molecular complexity index is 904. The van der Waals surface area contributed by atoms with Crippen LogP contribution in [0.3, 0.4) is 0 Å². The van der Waals surface area contributed by atoms with Crippen molar-refractivity contribution in [3.63, 3.8) is 0 Å². The fourth-order valence-corrected chi connectivity index (χ4v) is 3.29. The number of nitrogens with one attached hydrogen (secondary N) is 2. The van der Waals surface area contributed by atoms with Gasteiger partial charge in [-0.3, -0.25) is 14.9 Å². The average molecular weight is 422 g/mol. The molecule has 28 heavy (non-hydrogen) atoms. The molecule has 3 aromatic rings. The number of rotatable bonds is 5. The molecule has 0 saturated heterocycles. The molecule has 0 aliphatic carbocycles. The van der Waals surface area contributed by atoms with Crippen molar-refractivity contribution in [1.82, 2.24) is 9.97 Å². The van der Waals surface area contributed by atoms with Gasteiger partial charge in [0.25, 0.3) is 0 Å². The molecule has 2 amide bonds. The summed E-state index contributed by atoms with van der Waals surface area (Å²) in [6, 6.07) is 1.84. The minimum atomic E-state index is -1.58. The highest BCUT2D eigenvalue weighted by Crippen LogP contribution is 2.25. The van der Waals surface area contributed by atoms with Crippen LogP contribution in [0, 0.1) is 0 Å². The molecule has 9 nitrogen and oxygen atoms in total. The summed E-state index contributed by atoms with van der Waals surface area (Å²) in [7, 11) is 0. The summed E-state index contributed by atoms with van der Waals surface area (Å²) >= 11 is 3.14. The number of aromatic nitrogens is 2. The molecule has 3 rings (SSSR count). The molecule has 3 aromatic heterocycles. The van der Waals surface area contributed by atoms with Gasteiger partial charge in [-0.05, 0) is 28.3 Å². The molecule has 0 spiro atoms. The molecule has 0 saturated carbocycles. The minimum absolute atomic E-state index is 0.00643. The summed E-state index contributed by atoms with van der Waals surface area (Å²) in [6.07, 6.45) is 4.75. The molecule has 148 valence electrons. The fourth-order valence-electron chi connectivity index (χ4n) is 1.79. The number of hydrogen-bond donors (Lipinski definition) is 3. The Hall–Kier alpha value is -3.05. The first-order valence-electron chi connectivity index (χ1n) is 8.05. The Balaban J connectivity index is 0.000000221. The van der Waals surface area contributed by atoms with E-state index in [-0.39, 0.29) is 11.9 Å². The lowest BCUT2D eigenvalue weighted by Gasteiger charge is -2.00. The molecule has 0 bridgehead atoms. The second kappa shape index (κ2) is 10.3. The van der Waals surface area contributed by atoms with Crippen LogP contribution in [0.5, 0.6) is 0 Å². The van der Waals surface area contributed by atoms with E-state index in [2.05, 4.69) is 33.5 Å². The maximum atomic E-state index is 11.7. The molecule has 0 aliphatic rings. The Morgan fingerprint density at radius 1 is 1.25 bits per heavy atom. The first-order valence-corrected chi connectivity index (χ1v) is 9.81. The van der Waals surface area contributed by atoms with Crippen LogP contribution in [0.4, 0.5) is 11.1 Å². The van der Waals surface area contributed by atoms with Crippen LogP contribution in [0.25, 0.3) is 0 Å². The Kier molecular flexibility index (Phi) is 7.84. The minimum Gasteiger partial charge on any atom is -0.474 e. The molecular weight excluding hydrogens is 404 g/mol. The van der Waals surface area contributed by atoms with Crippen molar-refractivity contribution >= 4 is 51.6 Å². The predicted molar refractivity (Wildman–Crippen MR) is 106 cm³/mol. The first-order chi connectivity index (χ1) is 13.3. The van der Waals surface area contributed by atoms with Crippen molar-refractivity contribution in [3.8, 4) is 0 Å². The van der Waals surface area contributed by atoms with Crippen LogP contribution >= 0.6 is 22.7 Å². The van der Waals surface area contributed by atoms with Crippen LogP contribution in [-0.4, -0.2) is 32.9 Å². The van der Waals surface area contributed by atoms with Crippen LogP contribution in [0.15, 0.2) is 39.9 Å². The monoisotopic (exact) mass is 422 g/mol. The number of carbonyl (C=O) groups excluding carboxylic acids is 2. The number of aliphatic carboxylic acids is 1. The van der Waals surface area contributed by atoms with E-state index in [0.29, 0.717) is 17.5 Å². The van der Waals surface area contributed by atoms with Gasteiger partial charge in [-0.2, -0.15) is 11.3 Å². The van der Waals surface area contributed by atoms with Gasteiger partial charge in [-0.1, -0.05) is 13.8 Å². The molecule has 11 heteroatoms. The number of thiophene rings is 1. The molecule has 0 unspecified atom stereocenters. The molecule has 0 aromatic carbocycles. The van der Waals surface area contributed by atoms with E-state index in [1.165, 1.54) is 17.3 Å². The molecular formula is C17H18N4O5S2. The third-order valence-corrected chi connectivity index (χ3v) is 5.08. The van der Waals surface area contributed by atoms with E-state index in [1.807, 2.05) is 28.3 Å². The Labute approximate surface area is 168 Å². The lowest BCUT2D eigenvalue weighted by Crippen LogP contribution is -2.21. The third-order valence-electron chi connectivity index (χ3n) is 3.13. The highest BCUT2D eigenvalue weighted by molar-refractivity contribution is 7.15. The fraction of sp³-hybridized carbons (Fsp3) is 0.235. The molecule has 3 heterocycles. The van der Waals surface area contributed by atoms with E-state index in [1.54, 1.807) is 22.7 Å². The summed E-state index contributed by atoms with van der Waals surface area (Å²) in [5.74, 6) is -2.31. The summed E-state index contributed by atoms with van der Waals surface area (Å²) in [5.41, 5.74) is 1.05. The first kappa shape index (κ1) is 21.3. The van der Waals surface area contributed by atoms with E-state index < -0.39 is 11.9 Å². The Morgan fingerprint density at radius 2 is 2.04 bits per heavy atom. The predicted octanol–water partition coefficient (Wildman–Crippen LogP) is 3.21. The van der Waals surface area contributed by atoms with Gasteiger partial charge in [0.1, 0.15) is 6.26 Å². The van der Waals surface area contributed by atoms with Crippen LogP contribution in [-0.2, 0) is 20.8 Å². The van der Waals surface area contributed by atoms with Crippen molar-refractivity contribution in [2.24, 2.45) is 0 Å². The van der Waals surface area contributed by atoms with Gasteiger partial charge in [0, 0.05) is 11.1 Å². The number of anilines is 2. The molecule has 0 radical (unpaired) electrons. The maximum Gasteiger partial charge on any atom is 0.394 e. The van der Waals surface area contributed by atoms with Crippen molar-refractivity contribution in [1.29, 1.82) is 0 Å². The van der Waals surface area contributed by atoms with Gasteiger partial charge >= 0.3 is 17.9 Å². The summed E-state index contributed by atoms with van der Waals surface area (Å²) in [5, 5.41) is 17.5. The van der Waals surface area contributed by atoms with E-state index in [9.17, 15) is 14.4 Å². The van der Waals surface area contributed by atoms with Gasteiger partial charge in [0.2, 0.25) is 5.91 Å². The molecule has 0 atom stereocenters. The number of carbonyl (C=O) groups is 3. The zero-order valence-corrected chi connectivity index (χ0v) is 16.7. The van der Waals surface area contributed by atoms with E-state index in [0.717, 1.165) is 5.56 Å². The summed E-state index contributed by atoms with van der Waals surface area (Å²) < 4.78 is 4.55. The molecule has 0 aliphatic heterocycles. The second-order valence-corrected chi connectivity index (χ2v) is 7.52. The second-order valence-electron chi connectivity index (χ2n) is 5.68. The number of carboxylic acids is 1. The standard InChI is InChI=1S/C12H14N2OS2.C5H4N2O4/c1-8(2)10-6-13-12(17-10)14-11(15)5-9-3-4-16-7-9;8-3(4(9)10)7-5-6-1-2-11-5/h3-4,6-8H,5H2,1-2H3,(H,13,14,15);1-2H,(H,9,10)(H,6,7,8). The largest absolute Gasteiger partial charge is 0.474 e. The highest BCUT2D eigenvalue weighted by Gasteiger charge is 2.12. The van der Waals surface area contributed by atoms with Crippen molar-refractivity contribution < 1.29 is 23.9 Å². The van der Waals surface area contributed by atoms with Crippen molar-refractivity contribution in [2.75, 3.05) is 10.6 Å². The number of hydrogen-bond acceptors (Lipinski definition) is 8. The van der Waals surface area contributed by atoms with Crippen LogP contribution in [0.1, 0.15) is 30.2 Å². The Morgan fingerprint density at radius 3 is 2.57 bits per heavy atom. The zero-order valence-electron chi connectivity index (χ0n) is 15.0. The quantitative estimate of drug-likeness (QED) is 0.537. The van der Waals surface area contributed by atoms with Gasteiger partial charge in [0.15, 0.2) is 5.13 Å². The third kappa shape index (κ3) is 6.93. The van der Waals surface area contributed by atoms with Gasteiger partial charge < -0.3 is 14.8 Å². The summed E-state index contributed by atoms with van der Waals surface area (Å²) in [4.78, 5) is 40.9. The number of nitrogens with zero attached hydrogens (tertiary/aromatic N) is 2.